The Hall–Kier alpha value is -4.02. The summed E-state index contributed by atoms with van der Waals surface area (Å²) in [4.78, 5) is 0. The second-order valence-electron chi connectivity index (χ2n) is 6.41. The van der Waals surface area contributed by atoms with Crippen molar-refractivity contribution in [2.24, 2.45) is 0 Å². The average molecular weight is 380 g/mol. The molecule has 0 amide bonds. The van der Waals surface area contributed by atoms with Gasteiger partial charge in [0.2, 0.25) is 0 Å². The van der Waals surface area contributed by atoms with E-state index in [4.69, 9.17) is 20.0 Å². The molecule has 0 aliphatic heterocycles. The predicted octanol–water partition coefficient (Wildman–Crippen LogP) is 5.30. The summed E-state index contributed by atoms with van der Waals surface area (Å²) in [5.41, 5.74) is 3.96. The van der Waals surface area contributed by atoms with E-state index in [1.807, 2.05) is 60.7 Å². The second kappa shape index (κ2) is 9.78. The van der Waals surface area contributed by atoms with Crippen LogP contribution in [0.2, 0.25) is 0 Å². The molecule has 4 nitrogen and oxygen atoms in total. The first-order chi connectivity index (χ1) is 14.2. The summed E-state index contributed by atoms with van der Waals surface area (Å²) in [6.45, 7) is 0.311. The monoisotopic (exact) mass is 380 g/mol. The van der Waals surface area contributed by atoms with Crippen molar-refractivity contribution in [2.45, 2.75) is 13.0 Å². The van der Waals surface area contributed by atoms with Crippen molar-refractivity contribution < 1.29 is 9.47 Å². The van der Waals surface area contributed by atoms with Crippen molar-refractivity contribution in [3.63, 3.8) is 0 Å². The van der Waals surface area contributed by atoms with Crippen molar-refractivity contribution >= 4 is 6.08 Å². The molecule has 0 fully saturated rings. The molecule has 0 aromatic heterocycles. The number of nitrogens with zero attached hydrogens (tertiary/aromatic N) is 2. The number of hydrogen-bond donors (Lipinski definition) is 0. The van der Waals surface area contributed by atoms with Crippen LogP contribution in [-0.2, 0) is 13.0 Å². The molecule has 4 heteroatoms. The molecule has 0 N–H and O–H groups in total. The van der Waals surface area contributed by atoms with Crippen molar-refractivity contribution in [1.29, 1.82) is 10.5 Å². The Morgan fingerprint density at radius 2 is 1.59 bits per heavy atom. The van der Waals surface area contributed by atoms with Gasteiger partial charge < -0.3 is 9.47 Å². The lowest BCUT2D eigenvalue weighted by atomic mass is 10.0. The van der Waals surface area contributed by atoms with Gasteiger partial charge in [-0.2, -0.15) is 10.5 Å². The van der Waals surface area contributed by atoms with Gasteiger partial charge >= 0.3 is 0 Å². The van der Waals surface area contributed by atoms with Gasteiger partial charge in [-0.25, -0.2) is 0 Å². The maximum atomic E-state index is 8.97. The summed E-state index contributed by atoms with van der Waals surface area (Å²) in [6, 6.07) is 27.5. The first kappa shape index (κ1) is 19.7. The largest absolute Gasteiger partial charge is 0.496 e. The summed E-state index contributed by atoms with van der Waals surface area (Å²) in [6.07, 6.45) is 2.33. The molecule has 3 aromatic carbocycles. The van der Waals surface area contributed by atoms with Gasteiger partial charge in [-0.15, -0.1) is 0 Å². The van der Waals surface area contributed by atoms with Gasteiger partial charge in [0.1, 0.15) is 35.8 Å². The fourth-order valence-corrected chi connectivity index (χ4v) is 3.02. The maximum Gasteiger partial charge on any atom is 0.130 e. The van der Waals surface area contributed by atoms with Crippen LogP contribution in [0.5, 0.6) is 11.5 Å². The molecule has 0 unspecified atom stereocenters. The Labute approximate surface area is 170 Å². The van der Waals surface area contributed by atoms with Crippen LogP contribution >= 0.6 is 0 Å². The molecule has 0 bridgehead atoms. The quantitative estimate of drug-likeness (QED) is 0.522. The molecular formula is C25H20N2O2. The van der Waals surface area contributed by atoms with Gasteiger partial charge in [0.25, 0.3) is 0 Å². The van der Waals surface area contributed by atoms with Gasteiger partial charge in [0.15, 0.2) is 0 Å². The number of benzene rings is 3. The minimum absolute atomic E-state index is 0.0511. The molecule has 0 spiro atoms. The van der Waals surface area contributed by atoms with Crippen LogP contribution in [-0.4, -0.2) is 7.11 Å². The normalized spacial score (nSPS) is 9.76. The van der Waals surface area contributed by atoms with Crippen LogP contribution < -0.4 is 9.47 Å². The lowest BCUT2D eigenvalue weighted by molar-refractivity contribution is 0.294. The molecule has 0 saturated heterocycles. The second-order valence-corrected chi connectivity index (χ2v) is 6.41. The fourth-order valence-electron chi connectivity index (χ4n) is 3.02. The Morgan fingerprint density at radius 3 is 2.31 bits per heavy atom. The van der Waals surface area contributed by atoms with E-state index in [-0.39, 0.29) is 5.57 Å². The Balaban J connectivity index is 1.82. The first-order valence-corrected chi connectivity index (χ1v) is 9.17. The number of methoxy groups -OCH3 is 1. The van der Waals surface area contributed by atoms with E-state index >= 15 is 0 Å². The highest BCUT2D eigenvalue weighted by atomic mass is 16.5. The number of nitriles is 2. The molecule has 0 atom stereocenters. The van der Waals surface area contributed by atoms with Crippen molar-refractivity contribution in [2.75, 3.05) is 7.11 Å². The lowest BCUT2D eigenvalue weighted by Gasteiger charge is -2.14. The molecule has 3 rings (SSSR count). The molecule has 0 saturated carbocycles. The summed E-state index contributed by atoms with van der Waals surface area (Å²) >= 11 is 0. The third-order valence-corrected chi connectivity index (χ3v) is 4.45. The maximum absolute atomic E-state index is 8.97. The molecule has 29 heavy (non-hydrogen) atoms. The number of rotatable bonds is 7. The summed E-state index contributed by atoms with van der Waals surface area (Å²) in [5, 5.41) is 17.9. The number of ether oxygens (including phenoxy) is 2. The highest BCUT2D eigenvalue weighted by molar-refractivity contribution is 5.63. The summed E-state index contributed by atoms with van der Waals surface area (Å²) in [7, 11) is 1.60. The third kappa shape index (κ3) is 5.25. The molecule has 0 aliphatic carbocycles. The van der Waals surface area contributed by atoms with Crippen LogP contribution in [0.4, 0.5) is 0 Å². The molecule has 0 radical (unpaired) electrons. The smallest absolute Gasteiger partial charge is 0.130 e. The Bertz CT molecular complexity index is 1070. The van der Waals surface area contributed by atoms with Gasteiger partial charge in [-0.3, -0.25) is 0 Å². The Kier molecular flexibility index (Phi) is 6.66. The van der Waals surface area contributed by atoms with Crippen molar-refractivity contribution in [1.82, 2.24) is 0 Å². The topological polar surface area (TPSA) is 66.0 Å². The minimum atomic E-state index is 0.0511. The van der Waals surface area contributed by atoms with Crippen LogP contribution in [0.3, 0.4) is 0 Å². The van der Waals surface area contributed by atoms with E-state index in [0.29, 0.717) is 12.4 Å². The van der Waals surface area contributed by atoms with E-state index < -0.39 is 0 Å². The van der Waals surface area contributed by atoms with Gasteiger partial charge in [-0.1, -0.05) is 54.6 Å². The predicted molar refractivity (Wildman–Crippen MR) is 112 cm³/mol. The van der Waals surface area contributed by atoms with Gasteiger partial charge in [-0.05, 0) is 41.0 Å². The molecule has 0 heterocycles. The van der Waals surface area contributed by atoms with Crippen LogP contribution in [0, 0.1) is 22.7 Å². The van der Waals surface area contributed by atoms with Crippen LogP contribution in [0.15, 0.2) is 78.4 Å². The zero-order chi connectivity index (χ0) is 20.5. The van der Waals surface area contributed by atoms with Crippen LogP contribution in [0.1, 0.15) is 22.3 Å². The summed E-state index contributed by atoms with van der Waals surface area (Å²) < 4.78 is 11.6. The minimum Gasteiger partial charge on any atom is -0.496 e. The zero-order valence-corrected chi connectivity index (χ0v) is 16.1. The zero-order valence-electron chi connectivity index (χ0n) is 16.1. The van der Waals surface area contributed by atoms with E-state index in [1.54, 1.807) is 19.3 Å². The molecule has 0 aliphatic rings. The molecule has 142 valence electrons. The fraction of sp³-hybridized carbons (Fsp3) is 0.120. The standard InChI is InChI=1S/C25H20N2O2/c1-28-24-12-11-20(13-21(16-26)17-27)15-23(24)18-29-25-10-6-5-9-22(25)14-19-7-3-2-4-8-19/h2-13,15H,14,18H2,1H3. The number of allylic oxidation sites excluding steroid dienone is 1. The number of hydrogen-bond acceptors (Lipinski definition) is 4. The molecule has 3 aromatic rings. The SMILES string of the molecule is COc1ccc(C=C(C#N)C#N)cc1COc1ccccc1Cc1ccccc1. The molecular weight excluding hydrogens is 360 g/mol. The highest BCUT2D eigenvalue weighted by Crippen LogP contribution is 2.26. The van der Waals surface area contributed by atoms with Gasteiger partial charge in [0, 0.05) is 12.0 Å². The van der Waals surface area contributed by atoms with E-state index in [2.05, 4.69) is 18.2 Å². The van der Waals surface area contributed by atoms with E-state index in [1.165, 1.54) is 5.56 Å². The third-order valence-electron chi connectivity index (χ3n) is 4.45. The van der Waals surface area contributed by atoms with Gasteiger partial charge in [0.05, 0.1) is 7.11 Å². The average Bonchev–Trinajstić information content (AvgIpc) is 2.77. The van der Waals surface area contributed by atoms with E-state index in [0.717, 1.165) is 28.9 Å². The number of para-hydroxylation sites is 1. The lowest BCUT2D eigenvalue weighted by Crippen LogP contribution is -2.02. The highest BCUT2D eigenvalue weighted by Gasteiger charge is 2.09. The van der Waals surface area contributed by atoms with Crippen molar-refractivity contribution in [3.05, 3.63) is 101 Å². The van der Waals surface area contributed by atoms with Crippen LogP contribution in [0.25, 0.3) is 6.08 Å². The summed E-state index contributed by atoms with van der Waals surface area (Å²) in [5.74, 6) is 1.51. The Morgan fingerprint density at radius 1 is 0.862 bits per heavy atom. The first-order valence-electron chi connectivity index (χ1n) is 9.17. The van der Waals surface area contributed by atoms with Crippen molar-refractivity contribution in [3.8, 4) is 23.6 Å². The van der Waals surface area contributed by atoms with E-state index in [9.17, 15) is 0 Å².